The molecule has 0 atom stereocenters. The molecule has 19 heavy (non-hydrogen) atoms. The van der Waals surface area contributed by atoms with Gasteiger partial charge in [-0.2, -0.15) is 0 Å². The van der Waals surface area contributed by atoms with E-state index in [0.717, 1.165) is 29.6 Å². The summed E-state index contributed by atoms with van der Waals surface area (Å²) in [5.74, 6) is 5.58. The lowest BCUT2D eigenvalue weighted by Crippen LogP contribution is -2.54. The van der Waals surface area contributed by atoms with E-state index in [9.17, 15) is 0 Å². The summed E-state index contributed by atoms with van der Waals surface area (Å²) in [6.07, 6.45) is 15.6. The van der Waals surface area contributed by atoms with Gasteiger partial charge in [0.05, 0.1) is 0 Å². The van der Waals surface area contributed by atoms with E-state index >= 15 is 0 Å². The van der Waals surface area contributed by atoms with Crippen LogP contribution in [0, 0.1) is 35.0 Å². The van der Waals surface area contributed by atoms with Gasteiger partial charge in [-0.1, -0.05) is 19.3 Å². The SMILES string of the molecule is CNCC1(C2C3CC4CC(C3)CC2C4)CCCCC1. The molecule has 0 amide bonds. The Balaban J connectivity index is 1.62. The average molecular weight is 261 g/mol. The molecule has 4 bridgehead atoms. The van der Waals surface area contributed by atoms with Gasteiger partial charge >= 0.3 is 0 Å². The van der Waals surface area contributed by atoms with E-state index in [1.807, 2.05) is 0 Å². The van der Waals surface area contributed by atoms with Gasteiger partial charge in [-0.05, 0) is 87.0 Å². The van der Waals surface area contributed by atoms with Crippen LogP contribution in [0.25, 0.3) is 0 Å². The Bertz CT molecular complexity index is 295. The van der Waals surface area contributed by atoms with Gasteiger partial charge in [-0.3, -0.25) is 0 Å². The zero-order valence-corrected chi connectivity index (χ0v) is 12.7. The molecule has 0 saturated heterocycles. The maximum Gasteiger partial charge on any atom is 0.000767 e. The monoisotopic (exact) mass is 261 g/mol. The van der Waals surface area contributed by atoms with Crippen molar-refractivity contribution in [3.63, 3.8) is 0 Å². The van der Waals surface area contributed by atoms with Crippen LogP contribution in [0.5, 0.6) is 0 Å². The lowest BCUT2D eigenvalue weighted by Gasteiger charge is -2.61. The molecule has 0 radical (unpaired) electrons. The molecule has 0 aliphatic heterocycles. The Labute approximate surface area is 118 Å². The van der Waals surface area contributed by atoms with Crippen LogP contribution in [0.4, 0.5) is 0 Å². The highest BCUT2D eigenvalue weighted by atomic mass is 14.8. The van der Waals surface area contributed by atoms with Crippen LogP contribution in [-0.4, -0.2) is 13.6 Å². The first-order chi connectivity index (χ1) is 9.31. The molecule has 0 aromatic rings. The fraction of sp³-hybridized carbons (Fsp3) is 1.00. The molecule has 108 valence electrons. The van der Waals surface area contributed by atoms with Gasteiger partial charge in [0, 0.05) is 6.54 Å². The number of hydrogen-bond acceptors (Lipinski definition) is 1. The second-order valence-electron chi connectivity index (χ2n) is 8.41. The maximum atomic E-state index is 3.59. The predicted octanol–water partition coefficient (Wildman–Crippen LogP) is 4.23. The molecule has 5 saturated carbocycles. The smallest absolute Gasteiger partial charge is 0.000767 e. The Kier molecular flexibility index (Phi) is 3.17. The van der Waals surface area contributed by atoms with Crippen molar-refractivity contribution in [1.82, 2.24) is 5.32 Å². The van der Waals surface area contributed by atoms with Crippen LogP contribution in [-0.2, 0) is 0 Å². The number of hydrogen-bond donors (Lipinski definition) is 1. The molecular weight excluding hydrogens is 230 g/mol. The van der Waals surface area contributed by atoms with Crippen LogP contribution < -0.4 is 5.32 Å². The average Bonchev–Trinajstić information content (AvgIpc) is 2.38. The molecule has 0 heterocycles. The van der Waals surface area contributed by atoms with Gasteiger partial charge < -0.3 is 5.32 Å². The molecule has 5 aliphatic rings. The lowest BCUT2D eigenvalue weighted by molar-refractivity contribution is -0.107. The van der Waals surface area contributed by atoms with E-state index in [-0.39, 0.29) is 0 Å². The maximum absolute atomic E-state index is 3.59. The third-order valence-corrected chi connectivity index (χ3v) is 7.31. The largest absolute Gasteiger partial charge is 0.319 e. The van der Waals surface area contributed by atoms with E-state index in [2.05, 4.69) is 12.4 Å². The van der Waals surface area contributed by atoms with Crippen LogP contribution >= 0.6 is 0 Å². The van der Waals surface area contributed by atoms with Gasteiger partial charge in [0.1, 0.15) is 0 Å². The van der Waals surface area contributed by atoms with E-state index in [4.69, 9.17) is 0 Å². The summed E-state index contributed by atoms with van der Waals surface area (Å²) >= 11 is 0. The fourth-order valence-corrected chi connectivity index (χ4v) is 7.16. The third-order valence-electron chi connectivity index (χ3n) is 7.31. The minimum absolute atomic E-state index is 0.690. The Morgan fingerprint density at radius 3 is 1.95 bits per heavy atom. The van der Waals surface area contributed by atoms with E-state index in [0.29, 0.717) is 5.41 Å². The molecule has 1 nitrogen and oxygen atoms in total. The van der Waals surface area contributed by atoms with E-state index < -0.39 is 0 Å². The van der Waals surface area contributed by atoms with Gasteiger partial charge in [0.15, 0.2) is 0 Å². The van der Waals surface area contributed by atoms with Crippen molar-refractivity contribution in [3.05, 3.63) is 0 Å². The van der Waals surface area contributed by atoms with Crippen molar-refractivity contribution in [2.24, 2.45) is 35.0 Å². The second-order valence-corrected chi connectivity index (χ2v) is 8.41. The minimum atomic E-state index is 0.690. The van der Waals surface area contributed by atoms with Crippen molar-refractivity contribution >= 4 is 0 Å². The highest BCUT2D eigenvalue weighted by molar-refractivity contribution is 5.05. The third kappa shape index (κ3) is 1.99. The van der Waals surface area contributed by atoms with E-state index in [1.54, 1.807) is 32.1 Å². The Morgan fingerprint density at radius 1 is 0.842 bits per heavy atom. The predicted molar refractivity (Wildman–Crippen MR) is 80.0 cm³/mol. The summed E-state index contributed by atoms with van der Waals surface area (Å²) < 4.78 is 0. The van der Waals surface area contributed by atoms with Crippen LogP contribution in [0.3, 0.4) is 0 Å². The molecule has 0 aromatic carbocycles. The first kappa shape index (κ1) is 12.7. The minimum Gasteiger partial charge on any atom is -0.319 e. The first-order valence-electron chi connectivity index (χ1n) is 8.95. The quantitative estimate of drug-likeness (QED) is 0.801. The molecule has 0 spiro atoms. The van der Waals surface area contributed by atoms with Crippen molar-refractivity contribution in [3.8, 4) is 0 Å². The Hall–Kier alpha value is -0.0400. The molecule has 5 rings (SSSR count). The summed E-state index contributed by atoms with van der Waals surface area (Å²) in [4.78, 5) is 0. The Morgan fingerprint density at radius 2 is 1.42 bits per heavy atom. The number of rotatable bonds is 3. The first-order valence-corrected chi connectivity index (χ1v) is 8.95. The van der Waals surface area contributed by atoms with Crippen molar-refractivity contribution in [2.45, 2.75) is 64.2 Å². The van der Waals surface area contributed by atoms with Crippen LogP contribution in [0.2, 0.25) is 0 Å². The topological polar surface area (TPSA) is 12.0 Å². The van der Waals surface area contributed by atoms with Crippen LogP contribution in [0.1, 0.15) is 64.2 Å². The zero-order chi connectivity index (χ0) is 12.9. The molecular formula is C18H31N. The summed E-state index contributed by atoms with van der Waals surface area (Å²) in [7, 11) is 2.19. The molecule has 0 aromatic heterocycles. The highest BCUT2D eigenvalue weighted by Gasteiger charge is 2.55. The molecule has 0 unspecified atom stereocenters. The standard InChI is InChI=1S/C18H31N/c1-19-12-18(5-3-2-4-6-18)17-15-8-13-7-14(10-15)11-16(17)9-13/h13-17,19H,2-12H2,1H3. The van der Waals surface area contributed by atoms with Crippen molar-refractivity contribution in [2.75, 3.05) is 13.6 Å². The summed E-state index contributed by atoms with van der Waals surface area (Å²) in [5.41, 5.74) is 0.690. The van der Waals surface area contributed by atoms with Gasteiger partial charge in [-0.15, -0.1) is 0 Å². The van der Waals surface area contributed by atoms with Crippen molar-refractivity contribution in [1.29, 1.82) is 0 Å². The summed E-state index contributed by atoms with van der Waals surface area (Å²) in [6.45, 7) is 1.31. The van der Waals surface area contributed by atoms with Gasteiger partial charge in [0.2, 0.25) is 0 Å². The van der Waals surface area contributed by atoms with Crippen LogP contribution in [0.15, 0.2) is 0 Å². The molecule has 1 heteroatoms. The second kappa shape index (κ2) is 4.76. The molecule has 5 fully saturated rings. The summed E-state index contributed by atoms with van der Waals surface area (Å²) in [5, 5.41) is 3.59. The molecule has 5 aliphatic carbocycles. The lowest BCUT2D eigenvalue weighted by atomic mass is 9.45. The zero-order valence-electron chi connectivity index (χ0n) is 12.7. The normalized spacial score (nSPS) is 47.5. The van der Waals surface area contributed by atoms with E-state index in [1.165, 1.54) is 38.6 Å². The molecule has 1 N–H and O–H groups in total. The number of nitrogens with one attached hydrogen (secondary N) is 1. The summed E-state index contributed by atoms with van der Waals surface area (Å²) in [6, 6.07) is 0. The van der Waals surface area contributed by atoms with Gasteiger partial charge in [-0.25, -0.2) is 0 Å². The van der Waals surface area contributed by atoms with Crippen molar-refractivity contribution < 1.29 is 0 Å². The van der Waals surface area contributed by atoms with Gasteiger partial charge in [0.25, 0.3) is 0 Å². The highest BCUT2D eigenvalue weighted by Crippen LogP contribution is 2.63. The fourth-order valence-electron chi connectivity index (χ4n) is 7.16.